The summed E-state index contributed by atoms with van der Waals surface area (Å²) < 4.78 is 21.5. The average Bonchev–Trinajstić information content (AvgIpc) is 2.31. The predicted molar refractivity (Wildman–Crippen MR) is 27.9 cm³/mol. The molecule has 0 unspecified atom stereocenters. The highest BCUT2D eigenvalue weighted by Gasteiger charge is 1.90. The van der Waals surface area contributed by atoms with E-state index in [1.165, 1.54) is 12.3 Å². The SMILES string of the molecule is [2H]C([2H])([2H])n1nccc1C#N. The van der Waals surface area contributed by atoms with Crippen LogP contribution in [-0.4, -0.2) is 9.78 Å². The van der Waals surface area contributed by atoms with Gasteiger partial charge in [0.15, 0.2) is 0 Å². The molecule has 0 bridgehead atoms. The summed E-state index contributed by atoms with van der Waals surface area (Å²) in [5, 5.41) is 11.9. The van der Waals surface area contributed by atoms with Crippen LogP contribution >= 0.6 is 0 Å². The molecule has 3 heteroatoms. The predicted octanol–water partition coefficient (Wildman–Crippen LogP) is 0.292. The van der Waals surface area contributed by atoms with Crippen molar-refractivity contribution >= 4 is 0 Å². The monoisotopic (exact) mass is 110 g/mol. The lowest BCUT2D eigenvalue weighted by Gasteiger charge is -1.84. The summed E-state index contributed by atoms with van der Waals surface area (Å²) in [7, 11) is 0. The molecule has 0 radical (unpaired) electrons. The van der Waals surface area contributed by atoms with E-state index in [0.717, 1.165) is 0 Å². The Balaban J connectivity index is 3.15. The fourth-order valence-electron chi connectivity index (χ4n) is 0.388. The van der Waals surface area contributed by atoms with Crippen LogP contribution in [0, 0.1) is 11.3 Å². The Bertz CT molecular complexity index is 293. The zero-order valence-corrected chi connectivity index (χ0v) is 4.00. The second-order valence-electron chi connectivity index (χ2n) is 1.24. The van der Waals surface area contributed by atoms with E-state index in [1.54, 1.807) is 6.07 Å². The molecule has 0 saturated heterocycles. The van der Waals surface area contributed by atoms with Crippen LogP contribution in [0.4, 0.5) is 0 Å². The molecule has 0 aliphatic heterocycles. The van der Waals surface area contributed by atoms with Gasteiger partial charge in [-0.15, -0.1) is 0 Å². The molecule has 0 spiro atoms. The third kappa shape index (κ3) is 0.562. The van der Waals surface area contributed by atoms with Crippen LogP contribution in [0.25, 0.3) is 0 Å². The number of hydrogen-bond donors (Lipinski definition) is 0. The molecule has 3 nitrogen and oxygen atoms in total. The van der Waals surface area contributed by atoms with Crippen LogP contribution in [0.15, 0.2) is 12.3 Å². The Labute approximate surface area is 51.4 Å². The minimum Gasteiger partial charge on any atom is -0.258 e. The topological polar surface area (TPSA) is 41.6 Å². The van der Waals surface area contributed by atoms with Gasteiger partial charge in [0, 0.05) is 11.1 Å². The van der Waals surface area contributed by atoms with Gasteiger partial charge in [0.1, 0.15) is 11.8 Å². The number of nitrogens with zero attached hydrogens (tertiary/aromatic N) is 3. The summed E-state index contributed by atoms with van der Waals surface area (Å²) in [6, 6.07) is 3.08. The van der Waals surface area contributed by atoms with Gasteiger partial charge in [-0.05, 0) is 6.07 Å². The number of nitriles is 1. The van der Waals surface area contributed by atoms with E-state index < -0.39 is 6.98 Å². The molecule has 0 fully saturated rings. The van der Waals surface area contributed by atoms with Gasteiger partial charge < -0.3 is 0 Å². The summed E-state index contributed by atoms with van der Waals surface area (Å²) in [5.41, 5.74) is 0.0463. The highest BCUT2D eigenvalue weighted by atomic mass is 15.2. The van der Waals surface area contributed by atoms with Gasteiger partial charge in [-0.2, -0.15) is 10.4 Å². The molecule has 1 heterocycles. The van der Waals surface area contributed by atoms with Gasteiger partial charge >= 0.3 is 0 Å². The van der Waals surface area contributed by atoms with Crippen LogP contribution in [0.3, 0.4) is 0 Å². The van der Waals surface area contributed by atoms with E-state index in [-0.39, 0.29) is 5.69 Å². The fourth-order valence-corrected chi connectivity index (χ4v) is 0.388. The zero-order valence-electron chi connectivity index (χ0n) is 7.00. The Kier molecular flexibility index (Phi) is 0.481. The van der Waals surface area contributed by atoms with E-state index in [1.807, 2.05) is 0 Å². The summed E-state index contributed by atoms with van der Waals surface area (Å²) in [6.45, 7) is -2.35. The normalized spacial score (nSPS) is 15.6. The molecule has 8 heavy (non-hydrogen) atoms. The average molecular weight is 110 g/mol. The van der Waals surface area contributed by atoms with E-state index in [2.05, 4.69) is 5.10 Å². The van der Waals surface area contributed by atoms with Gasteiger partial charge in [0.2, 0.25) is 0 Å². The Morgan fingerprint density at radius 3 is 3.50 bits per heavy atom. The molecule has 0 aromatic carbocycles. The second kappa shape index (κ2) is 1.66. The third-order valence-corrected chi connectivity index (χ3v) is 0.757. The van der Waals surface area contributed by atoms with Gasteiger partial charge in [0.05, 0.1) is 6.20 Å². The molecule has 0 aliphatic carbocycles. The first kappa shape index (κ1) is 2.31. The van der Waals surface area contributed by atoms with E-state index in [9.17, 15) is 0 Å². The lowest BCUT2D eigenvalue weighted by Crippen LogP contribution is -1.91. The molecule has 1 aromatic rings. The van der Waals surface area contributed by atoms with Crippen LogP contribution in [-0.2, 0) is 6.98 Å². The maximum atomic E-state index is 8.41. The zero-order chi connectivity index (χ0) is 8.48. The number of hydrogen-bond acceptors (Lipinski definition) is 2. The molecular formula is C5H5N3. The van der Waals surface area contributed by atoms with Crippen LogP contribution in [0.1, 0.15) is 9.81 Å². The van der Waals surface area contributed by atoms with Crippen molar-refractivity contribution in [3.05, 3.63) is 18.0 Å². The first-order valence-electron chi connectivity index (χ1n) is 3.50. The van der Waals surface area contributed by atoms with Crippen LogP contribution in [0.2, 0.25) is 0 Å². The maximum Gasteiger partial charge on any atom is 0.138 e. The molecule has 0 atom stereocenters. The number of aryl methyl sites for hydroxylation is 1. The van der Waals surface area contributed by atoms with Gasteiger partial charge in [0.25, 0.3) is 0 Å². The first-order chi connectivity index (χ1) is 5.05. The van der Waals surface area contributed by atoms with Gasteiger partial charge in [-0.25, -0.2) is 0 Å². The molecule has 0 aliphatic rings. The largest absolute Gasteiger partial charge is 0.258 e. The highest BCUT2D eigenvalue weighted by molar-refractivity contribution is 5.17. The quantitative estimate of drug-likeness (QED) is 0.481. The minimum absolute atomic E-state index is 0.0463. The van der Waals surface area contributed by atoms with Crippen molar-refractivity contribution < 1.29 is 4.11 Å². The molecule has 0 N–H and O–H groups in total. The molecule has 0 amide bonds. The van der Waals surface area contributed by atoms with Gasteiger partial charge in [-0.1, -0.05) is 0 Å². The lowest BCUT2D eigenvalue weighted by molar-refractivity contribution is 0.756. The lowest BCUT2D eigenvalue weighted by atomic mass is 10.5. The third-order valence-electron chi connectivity index (χ3n) is 0.757. The standard InChI is InChI=1S/C5H5N3/c1-8-5(4-6)2-3-7-8/h2-3H,1H3/i1D3. The van der Waals surface area contributed by atoms with Crippen molar-refractivity contribution in [1.29, 1.82) is 5.26 Å². The van der Waals surface area contributed by atoms with Crippen LogP contribution in [0.5, 0.6) is 0 Å². The smallest absolute Gasteiger partial charge is 0.138 e. The number of rotatable bonds is 0. The van der Waals surface area contributed by atoms with Crippen molar-refractivity contribution in [1.82, 2.24) is 9.78 Å². The Morgan fingerprint density at radius 1 is 2.12 bits per heavy atom. The van der Waals surface area contributed by atoms with Crippen molar-refractivity contribution in [3.63, 3.8) is 0 Å². The molecule has 0 saturated carbocycles. The van der Waals surface area contributed by atoms with Crippen LogP contribution < -0.4 is 0 Å². The van der Waals surface area contributed by atoms with Crippen molar-refractivity contribution in [3.8, 4) is 6.07 Å². The summed E-state index contributed by atoms with van der Waals surface area (Å²) in [4.78, 5) is 0. The van der Waals surface area contributed by atoms with Crippen molar-refractivity contribution in [2.24, 2.45) is 6.98 Å². The summed E-state index contributed by atoms with van der Waals surface area (Å²) in [5.74, 6) is 0. The summed E-state index contributed by atoms with van der Waals surface area (Å²) in [6.07, 6.45) is 1.28. The fraction of sp³-hybridized carbons (Fsp3) is 0.200. The maximum absolute atomic E-state index is 8.41. The first-order valence-corrected chi connectivity index (χ1v) is 2.00. The van der Waals surface area contributed by atoms with Crippen molar-refractivity contribution in [2.75, 3.05) is 0 Å². The Hall–Kier alpha value is -1.30. The van der Waals surface area contributed by atoms with E-state index >= 15 is 0 Å². The minimum atomic E-state index is -2.35. The molecular weight excluding hydrogens is 102 g/mol. The second-order valence-corrected chi connectivity index (χ2v) is 1.24. The van der Waals surface area contributed by atoms with Crippen molar-refractivity contribution in [2.45, 2.75) is 0 Å². The van der Waals surface area contributed by atoms with Gasteiger partial charge in [-0.3, -0.25) is 4.68 Å². The highest BCUT2D eigenvalue weighted by Crippen LogP contribution is 1.89. The number of aromatic nitrogens is 2. The molecule has 40 valence electrons. The van der Waals surface area contributed by atoms with E-state index in [0.29, 0.717) is 4.68 Å². The molecule has 1 rings (SSSR count). The summed E-state index contributed by atoms with van der Waals surface area (Å²) >= 11 is 0. The Morgan fingerprint density at radius 2 is 3.00 bits per heavy atom. The van der Waals surface area contributed by atoms with E-state index in [4.69, 9.17) is 9.37 Å². The molecule has 1 aromatic heterocycles.